The van der Waals surface area contributed by atoms with Crippen molar-refractivity contribution in [2.24, 2.45) is 0 Å². The minimum atomic E-state index is -1.50. The van der Waals surface area contributed by atoms with Gasteiger partial charge in [0.2, 0.25) is 0 Å². The second-order valence-electron chi connectivity index (χ2n) is 3.69. The second kappa shape index (κ2) is 7.51. The van der Waals surface area contributed by atoms with Crippen molar-refractivity contribution in [1.82, 2.24) is 0 Å². The van der Waals surface area contributed by atoms with Crippen molar-refractivity contribution in [1.29, 1.82) is 0 Å². The molecule has 0 aliphatic heterocycles. The summed E-state index contributed by atoms with van der Waals surface area (Å²) in [7, 11) is -1.50. The lowest BCUT2D eigenvalue weighted by Crippen LogP contribution is -2.29. The Morgan fingerprint density at radius 1 is 0.842 bits per heavy atom. The summed E-state index contributed by atoms with van der Waals surface area (Å²) in [5, 5.41) is 17.9. The van der Waals surface area contributed by atoms with Gasteiger partial charge in [0.15, 0.2) is 5.78 Å². The Morgan fingerprint density at radius 3 is 1.79 bits per heavy atom. The molecule has 0 unspecified atom stereocenters. The zero-order chi connectivity index (χ0) is 14.3. The molecule has 2 aromatic rings. The van der Waals surface area contributed by atoms with Crippen LogP contribution in [0.3, 0.4) is 0 Å². The lowest BCUT2D eigenvalue weighted by Gasteiger charge is -2.03. The second-order valence-corrected chi connectivity index (χ2v) is 3.69. The molecule has 3 nitrogen and oxygen atoms in total. The van der Waals surface area contributed by atoms with Gasteiger partial charge in [0.05, 0.1) is 0 Å². The summed E-state index contributed by atoms with van der Waals surface area (Å²) in [6, 6.07) is 15.2. The summed E-state index contributed by atoms with van der Waals surface area (Å²) in [6.07, 6.45) is 0. The smallest absolute Gasteiger partial charge is 0.423 e. The van der Waals surface area contributed by atoms with E-state index >= 15 is 0 Å². The van der Waals surface area contributed by atoms with E-state index in [1.165, 1.54) is 12.1 Å². The summed E-state index contributed by atoms with van der Waals surface area (Å²) < 4.78 is 0. The van der Waals surface area contributed by atoms with Gasteiger partial charge < -0.3 is 10.0 Å². The van der Waals surface area contributed by atoms with Gasteiger partial charge in [-0.3, -0.25) is 4.79 Å². The number of rotatable bonds is 3. The quantitative estimate of drug-likeness (QED) is 0.648. The molecule has 0 aromatic heterocycles. The summed E-state index contributed by atoms with van der Waals surface area (Å²) in [5.41, 5.74) is 1.51. The number of hydrogen-bond acceptors (Lipinski definition) is 3. The third-order valence-electron chi connectivity index (χ3n) is 2.51. The fourth-order valence-electron chi connectivity index (χ4n) is 1.56. The van der Waals surface area contributed by atoms with Crippen molar-refractivity contribution in [3.05, 3.63) is 65.7 Å². The fraction of sp³-hybridized carbons (Fsp3) is 0.133. The molecule has 0 heterocycles. The van der Waals surface area contributed by atoms with Crippen molar-refractivity contribution in [3.63, 3.8) is 0 Å². The normalized spacial score (nSPS) is 9.26. The Kier molecular flexibility index (Phi) is 5.99. The number of carbonyl (C=O) groups excluding carboxylic acids is 1. The average molecular weight is 256 g/mol. The van der Waals surface area contributed by atoms with Crippen LogP contribution in [0, 0.1) is 0 Å². The van der Waals surface area contributed by atoms with Gasteiger partial charge in [-0.15, -0.1) is 0 Å². The Hall–Kier alpha value is -1.91. The first-order chi connectivity index (χ1) is 9.18. The van der Waals surface area contributed by atoms with Gasteiger partial charge in [0.1, 0.15) is 0 Å². The number of ketones is 1. The molecule has 0 aliphatic rings. The first kappa shape index (κ1) is 15.2. The topological polar surface area (TPSA) is 57.5 Å². The molecule has 0 amide bonds. The van der Waals surface area contributed by atoms with Crippen LogP contribution in [0.15, 0.2) is 54.6 Å². The molecule has 2 N–H and O–H groups in total. The zero-order valence-electron chi connectivity index (χ0n) is 11.1. The molecule has 0 bridgehead atoms. The molecule has 0 saturated heterocycles. The standard InChI is InChI=1S/C13H11BO3.C2H6/c15-13(10-4-2-1-3-5-10)11-6-8-12(9-7-11)14(16)17;1-2/h1-9,16-17H;1-2H3. The van der Waals surface area contributed by atoms with Crippen LogP contribution < -0.4 is 5.46 Å². The lowest BCUT2D eigenvalue weighted by molar-refractivity contribution is 0.103. The molecular formula is C15H17BO3. The Bertz CT molecular complexity index is 507. The molecule has 0 atom stereocenters. The van der Waals surface area contributed by atoms with E-state index in [1.54, 1.807) is 36.4 Å². The van der Waals surface area contributed by atoms with Crippen molar-refractivity contribution in [3.8, 4) is 0 Å². The fourth-order valence-corrected chi connectivity index (χ4v) is 1.56. The monoisotopic (exact) mass is 256 g/mol. The maximum absolute atomic E-state index is 12.0. The van der Waals surface area contributed by atoms with Gasteiger partial charge in [0, 0.05) is 11.1 Å². The molecule has 98 valence electrons. The number of carbonyl (C=O) groups is 1. The molecule has 0 aliphatic carbocycles. The van der Waals surface area contributed by atoms with Crippen LogP contribution in [0.4, 0.5) is 0 Å². The Labute approximate surface area is 113 Å². The highest BCUT2D eigenvalue weighted by Crippen LogP contribution is 2.08. The van der Waals surface area contributed by atoms with E-state index in [2.05, 4.69) is 0 Å². The largest absolute Gasteiger partial charge is 0.488 e. The summed E-state index contributed by atoms with van der Waals surface area (Å²) in [5.74, 6) is -0.0791. The predicted octanol–water partition coefficient (Wildman–Crippen LogP) is 1.62. The minimum Gasteiger partial charge on any atom is -0.423 e. The first-order valence-corrected chi connectivity index (χ1v) is 6.24. The van der Waals surface area contributed by atoms with Crippen LogP contribution >= 0.6 is 0 Å². The van der Waals surface area contributed by atoms with Gasteiger partial charge in [-0.1, -0.05) is 68.4 Å². The maximum atomic E-state index is 12.0. The van der Waals surface area contributed by atoms with Crippen molar-refractivity contribution < 1.29 is 14.8 Å². The van der Waals surface area contributed by atoms with Crippen molar-refractivity contribution in [2.45, 2.75) is 13.8 Å². The van der Waals surface area contributed by atoms with E-state index < -0.39 is 7.12 Å². The maximum Gasteiger partial charge on any atom is 0.488 e. The molecule has 19 heavy (non-hydrogen) atoms. The Balaban J connectivity index is 0.000000861. The van der Waals surface area contributed by atoms with Crippen molar-refractivity contribution in [2.75, 3.05) is 0 Å². The van der Waals surface area contributed by atoms with Crippen LogP contribution in [0.1, 0.15) is 29.8 Å². The Morgan fingerprint density at radius 2 is 1.32 bits per heavy atom. The van der Waals surface area contributed by atoms with Gasteiger partial charge in [-0.25, -0.2) is 0 Å². The van der Waals surface area contributed by atoms with Crippen LogP contribution in [0.5, 0.6) is 0 Å². The van der Waals surface area contributed by atoms with E-state index in [-0.39, 0.29) is 5.78 Å². The SMILES string of the molecule is CC.O=C(c1ccccc1)c1ccc(B(O)O)cc1. The van der Waals surface area contributed by atoms with E-state index in [0.717, 1.165) is 0 Å². The van der Waals surface area contributed by atoms with Gasteiger partial charge >= 0.3 is 7.12 Å². The highest BCUT2D eigenvalue weighted by atomic mass is 16.4. The van der Waals surface area contributed by atoms with E-state index in [1.807, 2.05) is 19.9 Å². The van der Waals surface area contributed by atoms with Gasteiger partial charge in [0.25, 0.3) is 0 Å². The lowest BCUT2D eigenvalue weighted by atomic mass is 9.80. The molecule has 0 spiro atoms. The molecule has 2 aromatic carbocycles. The highest BCUT2D eigenvalue weighted by Gasteiger charge is 2.12. The van der Waals surface area contributed by atoms with Crippen LogP contribution in [-0.2, 0) is 0 Å². The molecule has 2 rings (SSSR count). The van der Waals surface area contributed by atoms with Gasteiger partial charge in [-0.2, -0.15) is 0 Å². The van der Waals surface area contributed by atoms with Crippen LogP contribution in [0.25, 0.3) is 0 Å². The zero-order valence-corrected chi connectivity index (χ0v) is 11.1. The third kappa shape index (κ3) is 4.05. The summed E-state index contributed by atoms with van der Waals surface area (Å²) in [6.45, 7) is 4.00. The number of benzene rings is 2. The van der Waals surface area contributed by atoms with E-state index in [4.69, 9.17) is 10.0 Å². The summed E-state index contributed by atoms with van der Waals surface area (Å²) >= 11 is 0. The molecule has 0 fully saturated rings. The predicted molar refractivity (Wildman–Crippen MR) is 77.5 cm³/mol. The van der Waals surface area contributed by atoms with Crippen LogP contribution in [-0.4, -0.2) is 22.9 Å². The molecule has 0 radical (unpaired) electrons. The average Bonchev–Trinajstić information content (AvgIpc) is 2.49. The first-order valence-electron chi connectivity index (χ1n) is 6.24. The highest BCUT2D eigenvalue weighted by molar-refractivity contribution is 6.58. The summed E-state index contributed by atoms with van der Waals surface area (Å²) in [4.78, 5) is 12.0. The molecular weight excluding hydrogens is 239 g/mol. The molecule has 4 heteroatoms. The van der Waals surface area contributed by atoms with E-state index in [0.29, 0.717) is 16.6 Å². The minimum absolute atomic E-state index is 0.0791. The van der Waals surface area contributed by atoms with Gasteiger partial charge in [-0.05, 0) is 5.46 Å². The van der Waals surface area contributed by atoms with E-state index in [9.17, 15) is 4.79 Å². The van der Waals surface area contributed by atoms with Crippen LogP contribution in [0.2, 0.25) is 0 Å². The molecule has 0 saturated carbocycles. The third-order valence-corrected chi connectivity index (χ3v) is 2.51. The van der Waals surface area contributed by atoms with Crippen molar-refractivity contribution >= 4 is 18.4 Å². The number of hydrogen-bond donors (Lipinski definition) is 2.